The van der Waals surface area contributed by atoms with E-state index in [0.717, 1.165) is 23.2 Å². The van der Waals surface area contributed by atoms with Crippen LogP contribution in [-0.4, -0.2) is 16.0 Å². The van der Waals surface area contributed by atoms with Crippen molar-refractivity contribution in [2.24, 2.45) is 0 Å². The average molecular weight is 279 g/mol. The molecule has 5 heteroatoms. The minimum absolute atomic E-state index is 0.479. The van der Waals surface area contributed by atoms with Gasteiger partial charge < -0.3 is 5.32 Å². The number of hydrogen-bond donors (Lipinski definition) is 1. The van der Waals surface area contributed by atoms with Crippen molar-refractivity contribution in [3.05, 3.63) is 16.6 Å². The maximum atomic E-state index is 4.64. The number of aromatic nitrogens is 2. The molecule has 1 saturated carbocycles. The third kappa shape index (κ3) is 2.57. The molecule has 0 spiro atoms. The lowest BCUT2D eigenvalue weighted by Gasteiger charge is -2.08. The topological polar surface area (TPSA) is 37.8 Å². The van der Waals surface area contributed by atoms with Crippen molar-refractivity contribution >= 4 is 27.8 Å². The lowest BCUT2D eigenvalue weighted by atomic mass is 10.3. The Morgan fingerprint density at radius 1 is 1.50 bits per heavy atom. The minimum Gasteiger partial charge on any atom is -0.359 e. The zero-order valence-corrected chi connectivity index (χ0v) is 12.3. The zero-order chi connectivity index (χ0) is 12.5. The van der Waals surface area contributed by atoms with Crippen LogP contribution in [0.3, 0.4) is 0 Å². The molecule has 18 heavy (non-hydrogen) atoms. The number of thiazole rings is 2. The quantitative estimate of drug-likeness (QED) is 0.884. The van der Waals surface area contributed by atoms with E-state index in [2.05, 4.69) is 34.5 Å². The number of anilines is 1. The number of rotatable bonds is 5. The van der Waals surface area contributed by atoms with E-state index in [1.807, 2.05) is 6.20 Å². The van der Waals surface area contributed by atoms with E-state index in [9.17, 15) is 0 Å². The SMILES string of the molecule is CCC(C)Nc1nc(-c2cnc(C3CC3)s2)cs1. The molecule has 1 atom stereocenters. The van der Waals surface area contributed by atoms with Crippen LogP contribution in [0.1, 0.15) is 44.0 Å². The molecule has 1 aliphatic carbocycles. The first kappa shape index (κ1) is 12.1. The summed E-state index contributed by atoms with van der Waals surface area (Å²) in [5.74, 6) is 0.736. The molecule has 2 heterocycles. The van der Waals surface area contributed by atoms with Gasteiger partial charge in [0.05, 0.1) is 15.6 Å². The Morgan fingerprint density at radius 2 is 2.33 bits per heavy atom. The molecular weight excluding hydrogens is 262 g/mol. The normalized spacial score (nSPS) is 16.8. The Kier molecular flexibility index (Phi) is 3.35. The molecular formula is C13H17N3S2. The molecule has 0 aliphatic heterocycles. The second-order valence-corrected chi connectivity index (χ2v) is 6.75. The van der Waals surface area contributed by atoms with Gasteiger partial charge >= 0.3 is 0 Å². The van der Waals surface area contributed by atoms with Gasteiger partial charge in [-0.05, 0) is 26.2 Å². The van der Waals surface area contributed by atoms with E-state index >= 15 is 0 Å². The molecule has 1 N–H and O–H groups in total. The number of nitrogens with one attached hydrogen (secondary N) is 1. The van der Waals surface area contributed by atoms with Crippen LogP contribution in [-0.2, 0) is 0 Å². The Morgan fingerprint density at radius 3 is 3.06 bits per heavy atom. The van der Waals surface area contributed by atoms with Crippen molar-refractivity contribution in [3.63, 3.8) is 0 Å². The molecule has 0 aromatic carbocycles. The highest BCUT2D eigenvalue weighted by Gasteiger charge is 2.27. The summed E-state index contributed by atoms with van der Waals surface area (Å²) in [6, 6.07) is 0.479. The van der Waals surface area contributed by atoms with Gasteiger partial charge in [0.2, 0.25) is 0 Å². The van der Waals surface area contributed by atoms with Crippen LogP contribution in [0.25, 0.3) is 10.6 Å². The van der Waals surface area contributed by atoms with Gasteiger partial charge in [-0.15, -0.1) is 22.7 Å². The average Bonchev–Trinajstić information content (AvgIpc) is 2.92. The molecule has 0 bridgehead atoms. The number of nitrogens with zero attached hydrogens (tertiary/aromatic N) is 2. The molecule has 3 nitrogen and oxygen atoms in total. The van der Waals surface area contributed by atoms with Crippen molar-refractivity contribution in [2.45, 2.75) is 45.1 Å². The summed E-state index contributed by atoms with van der Waals surface area (Å²) in [5, 5.41) is 7.84. The van der Waals surface area contributed by atoms with E-state index in [-0.39, 0.29) is 0 Å². The van der Waals surface area contributed by atoms with Crippen LogP contribution in [0.2, 0.25) is 0 Å². The molecule has 0 amide bonds. The van der Waals surface area contributed by atoms with E-state index < -0.39 is 0 Å². The van der Waals surface area contributed by atoms with E-state index in [1.165, 1.54) is 22.7 Å². The zero-order valence-electron chi connectivity index (χ0n) is 10.6. The fourth-order valence-electron chi connectivity index (χ4n) is 1.69. The van der Waals surface area contributed by atoms with Gasteiger partial charge in [0.15, 0.2) is 5.13 Å². The Hall–Kier alpha value is -0.940. The molecule has 2 aromatic heterocycles. The van der Waals surface area contributed by atoms with E-state index in [4.69, 9.17) is 0 Å². The second-order valence-electron chi connectivity index (χ2n) is 4.83. The van der Waals surface area contributed by atoms with Gasteiger partial charge in [-0.1, -0.05) is 6.92 Å². The van der Waals surface area contributed by atoms with Crippen LogP contribution in [0.4, 0.5) is 5.13 Å². The third-order valence-electron chi connectivity index (χ3n) is 3.19. The fraction of sp³-hybridized carbons (Fsp3) is 0.538. The lowest BCUT2D eigenvalue weighted by Crippen LogP contribution is -2.12. The highest BCUT2D eigenvalue weighted by atomic mass is 32.1. The molecule has 1 unspecified atom stereocenters. The first-order chi connectivity index (χ1) is 8.76. The van der Waals surface area contributed by atoms with Gasteiger partial charge in [0, 0.05) is 23.5 Å². The van der Waals surface area contributed by atoms with Gasteiger partial charge in [0.25, 0.3) is 0 Å². The number of hydrogen-bond acceptors (Lipinski definition) is 5. The van der Waals surface area contributed by atoms with Crippen LogP contribution >= 0.6 is 22.7 Å². The van der Waals surface area contributed by atoms with E-state index in [0.29, 0.717) is 6.04 Å². The lowest BCUT2D eigenvalue weighted by molar-refractivity contribution is 0.763. The highest BCUT2D eigenvalue weighted by Crippen LogP contribution is 2.43. The third-order valence-corrected chi connectivity index (χ3v) is 5.14. The van der Waals surface area contributed by atoms with Crippen LogP contribution < -0.4 is 5.32 Å². The van der Waals surface area contributed by atoms with Crippen molar-refractivity contribution in [2.75, 3.05) is 5.32 Å². The summed E-state index contributed by atoms with van der Waals surface area (Å²) in [7, 11) is 0. The smallest absolute Gasteiger partial charge is 0.183 e. The Labute approximate surface area is 115 Å². The largest absolute Gasteiger partial charge is 0.359 e. The summed E-state index contributed by atoms with van der Waals surface area (Å²) < 4.78 is 0. The van der Waals surface area contributed by atoms with Gasteiger partial charge in [-0.2, -0.15) is 0 Å². The molecule has 3 rings (SSSR count). The van der Waals surface area contributed by atoms with Crippen molar-refractivity contribution in [1.82, 2.24) is 9.97 Å². The predicted molar refractivity (Wildman–Crippen MR) is 78.6 cm³/mol. The Balaban J connectivity index is 1.74. The minimum atomic E-state index is 0.479. The molecule has 0 saturated heterocycles. The van der Waals surface area contributed by atoms with Crippen molar-refractivity contribution in [3.8, 4) is 10.6 Å². The monoisotopic (exact) mass is 279 g/mol. The molecule has 0 radical (unpaired) electrons. The van der Waals surface area contributed by atoms with Gasteiger partial charge in [-0.25, -0.2) is 9.97 Å². The van der Waals surface area contributed by atoms with E-state index in [1.54, 1.807) is 22.7 Å². The van der Waals surface area contributed by atoms with Crippen LogP contribution in [0.15, 0.2) is 11.6 Å². The Bertz CT molecular complexity index is 528. The van der Waals surface area contributed by atoms with Crippen molar-refractivity contribution in [1.29, 1.82) is 0 Å². The summed E-state index contributed by atoms with van der Waals surface area (Å²) in [4.78, 5) is 10.3. The first-order valence-electron chi connectivity index (χ1n) is 6.44. The predicted octanol–water partition coefficient (Wildman–Crippen LogP) is 4.35. The fourth-order valence-corrected chi connectivity index (χ4v) is 3.64. The summed E-state index contributed by atoms with van der Waals surface area (Å²) in [5.41, 5.74) is 1.07. The summed E-state index contributed by atoms with van der Waals surface area (Å²) in [6.07, 6.45) is 5.71. The second kappa shape index (κ2) is 4.97. The maximum Gasteiger partial charge on any atom is 0.183 e. The molecule has 96 valence electrons. The van der Waals surface area contributed by atoms with Crippen molar-refractivity contribution < 1.29 is 0 Å². The van der Waals surface area contributed by atoms with Gasteiger partial charge in [0.1, 0.15) is 0 Å². The highest BCUT2D eigenvalue weighted by molar-refractivity contribution is 7.16. The first-order valence-corrected chi connectivity index (χ1v) is 8.14. The van der Waals surface area contributed by atoms with Gasteiger partial charge in [-0.3, -0.25) is 0 Å². The summed E-state index contributed by atoms with van der Waals surface area (Å²) >= 11 is 3.48. The maximum absolute atomic E-state index is 4.64. The molecule has 1 fully saturated rings. The molecule has 1 aliphatic rings. The van der Waals surface area contributed by atoms with Crippen LogP contribution in [0.5, 0.6) is 0 Å². The summed E-state index contributed by atoms with van der Waals surface area (Å²) in [6.45, 7) is 4.36. The van der Waals surface area contributed by atoms with Crippen LogP contribution in [0, 0.1) is 0 Å². The standard InChI is InChI=1S/C13H17N3S2/c1-3-8(2)15-13-16-10(7-17-13)11-6-14-12(18-11)9-4-5-9/h6-9H,3-5H2,1-2H3,(H,15,16). The molecule has 2 aromatic rings.